The molecule has 8 nitrogen and oxygen atoms in total. The summed E-state index contributed by atoms with van der Waals surface area (Å²) >= 11 is 2.48. The number of nitrogens with zero attached hydrogens (tertiary/aromatic N) is 2. The zero-order valence-corrected chi connectivity index (χ0v) is 15.5. The summed E-state index contributed by atoms with van der Waals surface area (Å²) in [6.45, 7) is 0. The van der Waals surface area contributed by atoms with Crippen LogP contribution in [0.15, 0.2) is 28.6 Å². The summed E-state index contributed by atoms with van der Waals surface area (Å²) in [5, 5.41) is 13.8. The Hall–Kier alpha value is -2.46. The molecule has 2 amide bonds. The van der Waals surface area contributed by atoms with Crippen LogP contribution in [0, 0.1) is 5.92 Å². The summed E-state index contributed by atoms with van der Waals surface area (Å²) in [6.07, 6.45) is 1.85. The van der Waals surface area contributed by atoms with Gasteiger partial charge in [0.1, 0.15) is 0 Å². The van der Waals surface area contributed by atoms with Gasteiger partial charge in [0.2, 0.25) is 16.9 Å². The van der Waals surface area contributed by atoms with E-state index in [-0.39, 0.29) is 23.5 Å². The third-order valence-corrected chi connectivity index (χ3v) is 5.47. The lowest BCUT2D eigenvalue weighted by molar-refractivity contribution is -0.117. The van der Waals surface area contributed by atoms with Crippen LogP contribution in [0.5, 0.6) is 0 Å². The Balaban J connectivity index is 1.45. The van der Waals surface area contributed by atoms with E-state index in [1.807, 2.05) is 0 Å². The van der Waals surface area contributed by atoms with Crippen LogP contribution in [0.4, 0.5) is 10.8 Å². The minimum absolute atomic E-state index is 0.0224. The molecule has 0 saturated heterocycles. The highest BCUT2D eigenvalue weighted by molar-refractivity contribution is 8.01. The maximum Gasteiger partial charge on any atom is 0.337 e. The number of amides is 2. The second-order valence-corrected chi connectivity index (χ2v) is 7.74. The first-order chi connectivity index (χ1) is 12.5. The van der Waals surface area contributed by atoms with E-state index in [1.165, 1.54) is 30.2 Å². The Bertz CT molecular complexity index is 818. The first kappa shape index (κ1) is 18.3. The molecule has 2 aromatic rings. The first-order valence-electron chi connectivity index (χ1n) is 7.80. The topological polar surface area (TPSA) is 110 Å². The molecular weight excluding hydrogens is 376 g/mol. The van der Waals surface area contributed by atoms with Crippen LogP contribution < -0.4 is 10.6 Å². The number of anilines is 2. The zero-order chi connectivity index (χ0) is 18.5. The highest BCUT2D eigenvalue weighted by Crippen LogP contribution is 2.31. The molecule has 0 radical (unpaired) electrons. The smallest absolute Gasteiger partial charge is 0.337 e. The lowest BCUT2D eigenvalue weighted by Crippen LogP contribution is -2.14. The van der Waals surface area contributed by atoms with Gasteiger partial charge in [-0.05, 0) is 37.1 Å². The largest absolute Gasteiger partial charge is 0.465 e. The van der Waals surface area contributed by atoms with E-state index in [0.29, 0.717) is 20.7 Å². The molecule has 0 aliphatic heterocycles. The summed E-state index contributed by atoms with van der Waals surface area (Å²) in [5.41, 5.74) is 0.993. The van der Waals surface area contributed by atoms with Gasteiger partial charge in [-0.3, -0.25) is 9.59 Å². The van der Waals surface area contributed by atoms with E-state index in [4.69, 9.17) is 0 Å². The Morgan fingerprint density at radius 1 is 1.19 bits per heavy atom. The van der Waals surface area contributed by atoms with E-state index >= 15 is 0 Å². The lowest BCUT2D eigenvalue weighted by Gasteiger charge is -2.05. The Labute approximate surface area is 157 Å². The first-order valence-corrected chi connectivity index (χ1v) is 9.61. The van der Waals surface area contributed by atoms with Crippen molar-refractivity contribution in [2.24, 2.45) is 5.92 Å². The number of hydrogen-bond donors (Lipinski definition) is 2. The van der Waals surface area contributed by atoms with Crippen molar-refractivity contribution in [3.8, 4) is 0 Å². The van der Waals surface area contributed by atoms with Gasteiger partial charge < -0.3 is 15.4 Å². The average molecular weight is 392 g/mol. The SMILES string of the molecule is COC(=O)c1ccc(NC(=O)CSc2nnc(NC(=O)C3CC3)s2)cc1. The number of nitrogens with one attached hydrogen (secondary N) is 2. The van der Waals surface area contributed by atoms with Gasteiger partial charge in [-0.15, -0.1) is 10.2 Å². The van der Waals surface area contributed by atoms with Crippen LogP contribution in [0.2, 0.25) is 0 Å². The predicted molar refractivity (Wildman–Crippen MR) is 98.4 cm³/mol. The van der Waals surface area contributed by atoms with Gasteiger partial charge in [-0.2, -0.15) is 0 Å². The van der Waals surface area contributed by atoms with Crippen molar-refractivity contribution >= 4 is 51.7 Å². The fourth-order valence-electron chi connectivity index (χ4n) is 2.00. The molecule has 0 spiro atoms. The van der Waals surface area contributed by atoms with Crippen LogP contribution in [0.25, 0.3) is 0 Å². The van der Waals surface area contributed by atoms with Gasteiger partial charge in [0.05, 0.1) is 18.4 Å². The molecule has 0 bridgehead atoms. The lowest BCUT2D eigenvalue weighted by atomic mass is 10.2. The van der Waals surface area contributed by atoms with E-state index in [1.54, 1.807) is 24.3 Å². The van der Waals surface area contributed by atoms with Gasteiger partial charge in [-0.1, -0.05) is 23.1 Å². The van der Waals surface area contributed by atoms with Crippen molar-refractivity contribution in [2.75, 3.05) is 23.5 Å². The van der Waals surface area contributed by atoms with Crippen LogP contribution in [0.1, 0.15) is 23.2 Å². The number of thioether (sulfide) groups is 1. The van der Waals surface area contributed by atoms with E-state index in [2.05, 4.69) is 25.6 Å². The molecule has 0 unspecified atom stereocenters. The van der Waals surface area contributed by atoms with Gasteiger partial charge in [0, 0.05) is 11.6 Å². The third kappa shape index (κ3) is 5.02. The number of hydrogen-bond acceptors (Lipinski definition) is 8. The molecule has 3 rings (SSSR count). The van der Waals surface area contributed by atoms with Gasteiger partial charge in [-0.25, -0.2) is 4.79 Å². The molecule has 1 heterocycles. The Morgan fingerprint density at radius 3 is 2.58 bits per heavy atom. The quantitative estimate of drug-likeness (QED) is 0.423. The Morgan fingerprint density at radius 2 is 1.92 bits per heavy atom. The molecule has 1 aliphatic rings. The second-order valence-electron chi connectivity index (χ2n) is 5.54. The number of aromatic nitrogens is 2. The number of rotatable bonds is 7. The monoisotopic (exact) mass is 392 g/mol. The minimum Gasteiger partial charge on any atom is -0.465 e. The zero-order valence-electron chi connectivity index (χ0n) is 13.9. The molecule has 1 aromatic carbocycles. The highest BCUT2D eigenvalue weighted by atomic mass is 32.2. The maximum atomic E-state index is 12.0. The predicted octanol–water partition coefficient (Wildman–Crippen LogP) is 2.40. The van der Waals surface area contributed by atoms with Crippen LogP contribution in [-0.2, 0) is 14.3 Å². The third-order valence-electron chi connectivity index (χ3n) is 3.50. The summed E-state index contributed by atoms with van der Waals surface area (Å²) in [6, 6.07) is 6.42. The van der Waals surface area contributed by atoms with Gasteiger partial charge in [0.15, 0.2) is 4.34 Å². The molecule has 2 N–H and O–H groups in total. The summed E-state index contributed by atoms with van der Waals surface area (Å²) in [4.78, 5) is 35.0. The van der Waals surface area contributed by atoms with Gasteiger partial charge in [0.25, 0.3) is 0 Å². The maximum absolute atomic E-state index is 12.0. The molecule has 1 aromatic heterocycles. The molecule has 26 heavy (non-hydrogen) atoms. The van der Waals surface area contributed by atoms with Crippen molar-refractivity contribution in [3.63, 3.8) is 0 Å². The number of carbonyl (C=O) groups is 3. The van der Waals surface area contributed by atoms with Gasteiger partial charge >= 0.3 is 5.97 Å². The van der Waals surface area contributed by atoms with E-state index in [9.17, 15) is 14.4 Å². The van der Waals surface area contributed by atoms with Crippen LogP contribution in [0.3, 0.4) is 0 Å². The number of methoxy groups -OCH3 is 1. The van der Waals surface area contributed by atoms with E-state index in [0.717, 1.165) is 12.8 Å². The van der Waals surface area contributed by atoms with Crippen molar-refractivity contribution < 1.29 is 19.1 Å². The minimum atomic E-state index is -0.431. The molecule has 10 heteroatoms. The number of esters is 1. The van der Waals surface area contributed by atoms with Crippen LogP contribution >= 0.6 is 23.1 Å². The number of carbonyl (C=O) groups excluding carboxylic acids is 3. The standard InChI is InChI=1S/C16H16N4O4S2/c1-24-14(23)10-4-6-11(7-5-10)17-12(21)8-25-16-20-19-15(26-16)18-13(22)9-2-3-9/h4-7,9H,2-3,8H2,1H3,(H,17,21)(H,18,19,22). The molecule has 136 valence electrons. The van der Waals surface area contributed by atoms with Crippen molar-refractivity contribution in [1.82, 2.24) is 10.2 Å². The fourth-order valence-corrected chi connectivity index (χ4v) is 3.56. The van der Waals surface area contributed by atoms with Crippen molar-refractivity contribution in [2.45, 2.75) is 17.2 Å². The summed E-state index contributed by atoms with van der Waals surface area (Å²) < 4.78 is 5.22. The normalized spacial score (nSPS) is 13.1. The molecule has 1 fully saturated rings. The van der Waals surface area contributed by atoms with E-state index < -0.39 is 5.97 Å². The highest BCUT2D eigenvalue weighted by Gasteiger charge is 2.30. The number of benzene rings is 1. The fraction of sp³-hybridized carbons (Fsp3) is 0.312. The second kappa shape index (κ2) is 8.28. The molecular formula is C16H16N4O4S2. The van der Waals surface area contributed by atoms with Crippen LogP contribution in [-0.4, -0.2) is 40.8 Å². The molecule has 1 aliphatic carbocycles. The number of ether oxygens (including phenoxy) is 1. The van der Waals surface area contributed by atoms with Crippen molar-refractivity contribution in [3.05, 3.63) is 29.8 Å². The summed E-state index contributed by atoms with van der Waals surface area (Å²) in [7, 11) is 1.31. The molecule has 0 atom stereocenters. The van der Waals surface area contributed by atoms with Crippen molar-refractivity contribution in [1.29, 1.82) is 0 Å². The Kier molecular flexibility index (Phi) is 5.84. The summed E-state index contributed by atoms with van der Waals surface area (Å²) in [5.74, 6) is -0.402. The average Bonchev–Trinajstić information content (AvgIpc) is 3.41. The molecule has 1 saturated carbocycles.